The molecule has 1 heterocycles. The highest BCUT2D eigenvalue weighted by atomic mass is 35.5. The Morgan fingerprint density at radius 3 is 2.94 bits per heavy atom. The maximum Gasteiger partial charge on any atom is 0.122 e. The Morgan fingerprint density at radius 1 is 1.39 bits per heavy atom. The van der Waals surface area contributed by atoms with E-state index in [2.05, 4.69) is 33.9 Å². The SMILES string of the molecule is CCNCc1nccn1Cc1ccc(C)cc1Cl. The summed E-state index contributed by atoms with van der Waals surface area (Å²) in [6, 6.07) is 6.16. The molecule has 0 aliphatic heterocycles. The van der Waals surface area contributed by atoms with E-state index in [-0.39, 0.29) is 0 Å². The highest BCUT2D eigenvalue weighted by Gasteiger charge is 2.05. The van der Waals surface area contributed by atoms with E-state index in [0.29, 0.717) is 0 Å². The van der Waals surface area contributed by atoms with Crippen molar-refractivity contribution < 1.29 is 0 Å². The van der Waals surface area contributed by atoms with Crippen molar-refractivity contribution >= 4 is 11.6 Å². The van der Waals surface area contributed by atoms with Crippen molar-refractivity contribution in [3.05, 3.63) is 52.6 Å². The van der Waals surface area contributed by atoms with Gasteiger partial charge < -0.3 is 9.88 Å². The van der Waals surface area contributed by atoms with Gasteiger partial charge in [0.25, 0.3) is 0 Å². The molecular formula is C14H18ClN3. The number of rotatable bonds is 5. The molecular weight excluding hydrogens is 246 g/mol. The van der Waals surface area contributed by atoms with Crippen LogP contribution >= 0.6 is 11.6 Å². The first-order valence-electron chi connectivity index (χ1n) is 6.16. The first kappa shape index (κ1) is 13.1. The average Bonchev–Trinajstić information content (AvgIpc) is 2.77. The van der Waals surface area contributed by atoms with Crippen LogP contribution < -0.4 is 5.32 Å². The van der Waals surface area contributed by atoms with Gasteiger partial charge in [-0.15, -0.1) is 0 Å². The summed E-state index contributed by atoms with van der Waals surface area (Å²) >= 11 is 6.25. The van der Waals surface area contributed by atoms with Crippen molar-refractivity contribution in [2.45, 2.75) is 26.9 Å². The molecule has 3 nitrogen and oxygen atoms in total. The van der Waals surface area contributed by atoms with Gasteiger partial charge in [0, 0.05) is 17.4 Å². The summed E-state index contributed by atoms with van der Waals surface area (Å²) in [6.45, 7) is 6.62. The molecule has 0 bridgehead atoms. The van der Waals surface area contributed by atoms with E-state index in [1.54, 1.807) is 0 Å². The molecule has 0 saturated carbocycles. The van der Waals surface area contributed by atoms with Crippen LogP contribution in [0.1, 0.15) is 23.9 Å². The van der Waals surface area contributed by atoms with Crippen LogP contribution in [-0.2, 0) is 13.1 Å². The van der Waals surface area contributed by atoms with Gasteiger partial charge in [0.2, 0.25) is 0 Å². The highest BCUT2D eigenvalue weighted by molar-refractivity contribution is 6.31. The third-order valence-corrected chi connectivity index (χ3v) is 3.24. The van der Waals surface area contributed by atoms with Crippen molar-refractivity contribution in [2.24, 2.45) is 0 Å². The van der Waals surface area contributed by atoms with Gasteiger partial charge in [0.05, 0.1) is 13.1 Å². The number of aromatic nitrogens is 2. The quantitative estimate of drug-likeness (QED) is 0.899. The molecule has 0 amide bonds. The Labute approximate surface area is 113 Å². The Hall–Kier alpha value is -1.32. The molecule has 0 aliphatic rings. The normalized spacial score (nSPS) is 10.8. The fraction of sp³-hybridized carbons (Fsp3) is 0.357. The Bertz CT molecular complexity index is 520. The van der Waals surface area contributed by atoms with E-state index in [1.165, 1.54) is 5.56 Å². The number of halogens is 1. The zero-order chi connectivity index (χ0) is 13.0. The summed E-state index contributed by atoms with van der Waals surface area (Å²) in [5, 5.41) is 4.10. The zero-order valence-corrected chi connectivity index (χ0v) is 11.5. The number of hydrogen-bond donors (Lipinski definition) is 1. The van der Waals surface area contributed by atoms with Gasteiger partial charge in [-0.25, -0.2) is 4.98 Å². The lowest BCUT2D eigenvalue weighted by molar-refractivity contribution is 0.639. The third kappa shape index (κ3) is 3.12. The fourth-order valence-corrected chi connectivity index (χ4v) is 2.15. The summed E-state index contributed by atoms with van der Waals surface area (Å²) in [6.07, 6.45) is 3.82. The lowest BCUT2D eigenvalue weighted by Gasteiger charge is -2.10. The number of hydrogen-bond acceptors (Lipinski definition) is 2. The minimum atomic E-state index is 0.764. The lowest BCUT2D eigenvalue weighted by atomic mass is 10.1. The van der Waals surface area contributed by atoms with E-state index in [1.807, 2.05) is 25.4 Å². The van der Waals surface area contributed by atoms with Crippen LogP contribution in [0.3, 0.4) is 0 Å². The van der Waals surface area contributed by atoms with Crippen molar-refractivity contribution in [1.29, 1.82) is 0 Å². The number of aryl methyl sites for hydroxylation is 1. The molecule has 18 heavy (non-hydrogen) atoms. The number of benzene rings is 1. The smallest absolute Gasteiger partial charge is 0.122 e. The summed E-state index contributed by atoms with van der Waals surface area (Å²) in [5.41, 5.74) is 2.31. The molecule has 0 spiro atoms. The molecule has 1 N–H and O–H groups in total. The molecule has 2 rings (SSSR count). The molecule has 4 heteroatoms. The van der Waals surface area contributed by atoms with Crippen LogP contribution in [0.4, 0.5) is 0 Å². The second-order valence-corrected chi connectivity index (χ2v) is 4.75. The summed E-state index contributed by atoms with van der Waals surface area (Å²) < 4.78 is 2.12. The van der Waals surface area contributed by atoms with Gasteiger partial charge in [0.15, 0.2) is 0 Å². The zero-order valence-electron chi connectivity index (χ0n) is 10.8. The van der Waals surface area contributed by atoms with Gasteiger partial charge in [-0.05, 0) is 30.7 Å². The van der Waals surface area contributed by atoms with Gasteiger partial charge in [-0.2, -0.15) is 0 Å². The minimum absolute atomic E-state index is 0.764. The third-order valence-electron chi connectivity index (χ3n) is 2.88. The van der Waals surface area contributed by atoms with E-state index in [9.17, 15) is 0 Å². The van der Waals surface area contributed by atoms with Crippen LogP contribution in [0.2, 0.25) is 5.02 Å². The molecule has 0 saturated heterocycles. The monoisotopic (exact) mass is 263 g/mol. The number of nitrogens with zero attached hydrogens (tertiary/aromatic N) is 2. The largest absolute Gasteiger partial charge is 0.329 e. The van der Waals surface area contributed by atoms with Crippen LogP contribution in [0.25, 0.3) is 0 Å². The summed E-state index contributed by atoms with van der Waals surface area (Å²) in [4.78, 5) is 4.35. The molecule has 1 aromatic carbocycles. The Morgan fingerprint density at radius 2 is 2.22 bits per heavy atom. The molecule has 0 unspecified atom stereocenters. The molecule has 2 aromatic rings. The Kier molecular flexibility index (Phi) is 4.39. The van der Waals surface area contributed by atoms with Gasteiger partial charge in [-0.1, -0.05) is 30.7 Å². The Balaban J connectivity index is 2.15. The van der Waals surface area contributed by atoms with E-state index in [0.717, 1.165) is 36.0 Å². The molecule has 96 valence electrons. The van der Waals surface area contributed by atoms with Crippen LogP contribution in [0, 0.1) is 6.92 Å². The standard InChI is InChI=1S/C14H18ClN3/c1-3-16-9-14-17-6-7-18(14)10-12-5-4-11(2)8-13(12)15/h4-8,16H,3,9-10H2,1-2H3. The predicted molar refractivity (Wildman–Crippen MR) is 74.9 cm³/mol. The van der Waals surface area contributed by atoms with Crippen molar-refractivity contribution in [2.75, 3.05) is 6.54 Å². The second kappa shape index (κ2) is 6.03. The molecule has 0 aliphatic carbocycles. The van der Waals surface area contributed by atoms with Crippen LogP contribution in [0.5, 0.6) is 0 Å². The van der Waals surface area contributed by atoms with Crippen molar-refractivity contribution in [3.63, 3.8) is 0 Å². The minimum Gasteiger partial charge on any atom is -0.329 e. The fourth-order valence-electron chi connectivity index (χ4n) is 1.85. The maximum absolute atomic E-state index is 6.25. The lowest BCUT2D eigenvalue weighted by Crippen LogP contribution is -2.16. The highest BCUT2D eigenvalue weighted by Crippen LogP contribution is 2.19. The first-order chi connectivity index (χ1) is 8.70. The van der Waals surface area contributed by atoms with Gasteiger partial charge in [0.1, 0.15) is 5.82 Å². The van der Waals surface area contributed by atoms with Crippen LogP contribution in [-0.4, -0.2) is 16.1 Å². The molecule has 0 atom stereocenters. The number of imidazole rings is 1. The van der Waals surface area contributed by atoms with Crippen molar-refractivity contribution in [1.82, 2.24) is 14.9 Å². The predicted octanol–water partition coefficient (Wildman–Crippen LogP) is 3.00. The maximum atomic E-state index is 6.25. The molecule has 1 aromatic heterocycles. The molecule has 0 radical (unpaired) electrons. The van der Waals surface area contributed by atoms with Crippen LogP contribution in [0.15, 0.2) is 30.6 Å². The summed E-state index contributed by atoms with van der Waals surface area (Å²) in [5.74, 6) is 1.04. The van der Waals surface area contributed by atoms with E-state index >= 15 is 0 Å². The van der Waals surface area contributed by atoms with E-state index < -0.39 is 0 Å². The first-order valence-corrected chi connectivity index (χ1v) is 6.54. The van der Waals surface area contributed by atoms with Gasteiger partial charge in [-0.3, -0.25) is 0 Å². The van der Waals surface area contributed by atoms with Gasteiger partial charge >= 0.3 is 0 Å². The second-order valence-electron chi connectivity index (χ2n) is 4.35. The van der Waals surface area contributed by atoms with E-state index in [4.69, 9.17) is 11.6 Å². The van der Waals surface area contributed by atoms with Crippen molar-refractivity contribution in [3.8, 4) is 0 Å². The summed E-state index contributed by atoms with van der Waals surface area (Å²) in [7, 11) is 0. The number of nitrogens with one attached hydrogen (secondary N) is 1. The average molecular weight is 264 g/mol. The molecule has 0 fully saturated rings. The topological polar surface area (TPSA) is 29.9 Å².